The van der Waals surface area contributed by atoms with Gasteiger partial charge in [-0.3, -0.25) is 0 Å². The van der Waals surface area contributed by atoms with E-state index in [1.807, 2.05) is 24.3 Å². The van der Waals surface area contributed by atoms with Crippen LogP contribution in [0.15, 0.2) is 27.2 Å². The predicted octanol–water partition coefficient (Wildman–Crippen LogP) is 4.44. The molecule has 0 atom stereocenters. The Balaban J connectivity index is 2.84. The van der Waals surface area contributed by atoms with E-state index < -0.39 is 0 Å². The highest BCUT2D eigenvalue weighted by atomic mass is 127. The summed E-state index contributed by atoms with van der Waals surface area (Å²) in [7, 11) is 0. The van der Waals surface area contributed by atoms with E-state index in [1.54, 1.807) is 11.8 Å². The summed E-state index contributed by atoms with van der Waals surface area (Å²) in [5, 5.41) is 0.784. The number of thioether (sulfide) groups is 1. The number of hydrogen-bond acceptors (Lipinski definition) is 1. The minimum atomic E-state index is 0.784. The first kappa shape index (κ1) is 10.4. The van der Waals surface area contributed by atoms with Gasteiger partial charge in [-0.2, -0.15) is 0 Å². The average molecular weight is 311 g/mol. The van der Waals surface area contributed by atoms with Crippen LogP contribution in [0.3, 0.4) is 0 Å². The molecule has 0 aliphatic heterocycles. The zero-order chi connectivity index (χ0) is 8.97. The van der Waals surface area contributed by atoms with Crippen LogP contribution >= 0.6 is 46.0 Å². The van der Waals surface area contributed by atoms with Gasteiger partial charge in [-0.05, 0) is 52.6 Å². The van der Waals surface area contributed by atoms with Crippen molar-refractivity contribution in [3.8, 4) is 0 Å². The summed E-state index contributed by atoms with van der Waals surface area (Å²) < 4.78 is 1.27. The summed E-state index contributed by atoms with van der Waals surface area (Å²) in [5.41, 5.74) is 1.19. The molecule has 0 unspecified atom stereocenters. The van der Waals surface area contributed by atoms with Gasteiger partial charge >= 0.3 is 0 Å². The Labute approximate surface area is 95.5 Å². The van der Waals surface area contributed by atoms with E-state index in [1.165, 1.54) is 8.48 Å². The molecule has 1 aromatic carbocycles. The van der Waals surface area contributed by atoms with E-state index >= 15 is 0 Å². The number of rotatable bonds is 2. The second-order valence-electron chi connectivity index (χ2n) is 2.20. The molecule has 0 aliphatic carbocycles. The molecule has 0 spiro atoms. The van der Waals surface area contributed by atoms with Crippen molar-refractivity contribution in [3.05, 3.63) is 37.8 Å². The molecule has 0 fully saturated rings. The highest BCUT2D eigenvalue weighted by Gasteiger charge is 1.90. The predicted molar refractivity (Wildman–Crippen MR) is 67.0 cm³/mol. The molecule has 1 rings (SSSR count). The third kappa shape index (κ3) is 3.37. The van der Waals surface area contributed by atoms with Crippen molar-refractivity contribution < 1.29 is 0 Å². The van der Waals surface area contributed by atoms with E-state index in [0.29, 0.717) is 0 Å². The molecule has 0 radical (unpaired) electrons. The molecule has 0 saturated carbocycles. The second kappa shape index (κ2) is 5.14. The van der Waals surface area contributed by atoms with Crippen molar-refractivity contribution in [1.82, 2.24) is 0 Å². The van der Waals surface area contributed by atoms with Crippen molar-refractivity contribution in [1.29, 1.82) is 0 Å². The Kier molecular flexibility index (Phi) is 4.46. The van der Waals surface area contributed by atoms with Gasteiger partial charge in [0.1, 0.15) is 0 Å². The van der Waals surface area contributed by atoms with Gasteiger partial charge in [0.05, 0.1) is 0 Å². The fourth-order valence-electron chi connectivity index (χ4n) is 0.749. The fourth-order valence-corrected chi connectivity index (χ4v) is 1.49. The van der Waals surface area contributed by atoms with Gasteiger partial charge in [-0.15, -0.1) is 11.8 Å². The molecule has 0 aromatic heterocycles. The minimum Gasteiger partial charge on any atom is -0.123 e. The minimum absolute atomic E-state index is 0.784. The zero-order valence-electron chi connectivity index (χ0n) is 6.55. The summed E-state index contributed by atoms with van der Waals surface area (Å²) in [6, 6.07) is 7.82. The van der Waals surface area contributed by atoms with Crippen LogP contribution in [0.2, 0.25) is 5.02 Å². The van der Waals surface area contributed by atoms with Gasteiger partial charge in [-0.25, -0.2) is 0 Å². The van der Waals surface area contributed by atoms with Crippen molar-refractivity contribution in [2.75, 3.05) is 6.26 Å². The molecule has 0 amide bonds. The third-order valence-electron chi connectivity index (χ3n) is 1.35. The lowest BCUT2D eigenvalue weighted by atomic mass is 10.2. The van der Waals surface area contributed by atoms with E-state index in [9.17, 15) is 0 Å². The van der Waals surface area contributed by atoms with Crippen LogP contribution in [0.1, 0.15) is 5.56 Å². The van der Waals surface area contributed by atoms with Crippen LogP contribution in [0.25, 0.3) is 6.08 Å². The molecule has 0 saturated heterocycles. The van der Waals surface area contributed by atoms with Gasteiger partial charge in [0.15, 0.2) is 0 Å². The van der Waals surface area contributed by atoms with Gasteiger partial charge in [-0.1, -0.05) is 23.7 Å². The first-order valence-electron chi connectivity index (χ1n) is 3.39. The molecule has 12 heavy (non-hydrogen) atoms. The van der Waals surface area contributed by atoms with E-state index in [-0.39, 0.29) is 0 Å². The van der Waals surface area contributed by atoms with Crippen LogP contribution in [-0.4, -0.2) is 6.26 Å². The standard InChI is InChI=1S/C9H8ClIS/c1-12-9(11)6-7-2-4-8(10)5-3-7/h2-6H,1H3/b9-6-. The lowest BCUT2D eigenvalue weighted by molar-refractivity contribution is 1.66. The summed E-state index contributed by atoms with van der Waals surface area (Å²) >= 11 is 9.80. The first-order valence-corrected chi connectivity index (χ1v) is 6.07. The smallest absolute Gasteiger partial charge is 0.0460 e. The first-order chi connectivity index (χ1) is 5.72. The Morgan fingerprint density at radius 3 is 2.50 bits per heavy atom. The summed E-state index contributed by atoms with van der Waals surface area (Å²) in [6.45, 7) is 0. The summed E-state index contributed by atoms with van der Waals surface area (Å²) in [5.74, 6) is 0. The zero-order valence-corrected chi connectivity index (χ0v) is 10.3. The van der Waals surface area contributed by atoms with Gasteiger partial charge in [0.25, 0.3) is 0 Å². The summed E-state index contributed by atoms with van der Waals surface area (Å²) in [6.07, 6.45) is 4.19. The van der Waals surface area contributed by atoms with Crippen molar-refractivity contribution in [2.24, 2.45) is 0 Å². The van der Waals surface area contributed by atoms with Gasteiger partial charge < -0.3 is 0 Å². The number of hydrogen-bond donors (Lipinski definition) is 0. The molecule has 0 N–H and O–H groups in total. The number of halogens is 2. The molecule has 0 aliphatic rings. The molecular formula is C9H8ClIS. The van der Waals surface area contributed by atoms with E-state index in [4.69, 9.17) is 11.6 Å². The molecule has 0 bridgehead atoms. The second-order valence-corrected chi connectivity index (χ2v) is 5.38. The Bertz CT molecular complexity index is 279. The van der Waals surface area contributed by atoms with Crippen LogP contribution in [0, 0.1) is 0 Å². The fraction of sp³-hybridized carbons (Fsp3) is 0.111. The van der Waals surface area contributed by atoms with Gasteiger partial charge in [0.2, 0.25) is 0 Å². The third-order valence-corrected chi connectivity index (χ3v) is 3.74. The Hall–Kier alpha value is 0.330. The van der Waals surface area contributed by atoms with Crippen LogP contribution in [0.5, 0.6) is 0 Å². The average Bonchev–Trinajstić information content (AvgIpc) is 2.09. The maximum Gasteiger partial charge on any atom is 0.0460 e. The van der Waals surface area contributed by atoms with Crippen LogP contribution in [-0.2, 0) is 0 Å². The van der Waals surface area contributed by atoms with Crippen molar-refractivity contribution >= 4 is 52.0 Å². The lowest BCUT2D eigenvalue weighted by Crippen LogP contribution is -1.70. The van der Waals surface area contributed by atoms with Crippen molar-refractivity contribution in [3.63, 3.8) is 0 Å². The van der Waals surface area contributed by atoms with Gasteiger partial charge in [0, 0.05) is 7.93 Å². The maximum atomic E-state index is 5.75. The van der Waals surface area contributed by atoms with E-state index in [0.717, 1.165) is 5.02 Å². The van der Waals surface area contributed by atoms with Crippen LogP contribution < -0.4 is 0 Å². The number of benzene rings is 1. The molecule has 0 heterocycles. The monoisotopic (exact) mass is 310 g/mol. The van der Waals surface area contributed by atoms with Crippen molar-refractivity contribution in [2.45, 2.75) is 0 Å². The SMILES string of the molecule is CS/C(I)=C\c1ccc(Cl)cc1. The molecule has 0 nitrogen and oxygen atoms in total. The molecular weight excluding hydrogens is 303 g/mol. The van der Waals surface area contributed by atoms with Crippen LogP contribution in [0.4, 0.5) is 0 Å². The lowest BCUT2D eigenvalue weighted by Gasteiger charge is -1.95. The topological polar surface area (TPSA) is 0 Å². The summed E-state index contributed by atoms with van der Waals surface area (Å²) in [4.78, 5) is 0. The molecule has 3 heteroatoms. The highest BCUT2D eigenvalue weighted by Crippen LogP contribution is 2.23. The quantitative estimate of drug-likeness (QED) is 0.728. The maximum absolute atomic E-state index is 5.75. The molecule has 64 valence electrons. The normalized spacial score (nSPS) is 11.8. The highest BCUT2D eigenvalue weighted by molar-refractivity contribution is 14.1. The Morgan fingerprint density at radius 2 is 2.00 bits per heavy atom. The van der Waals surface area contributed by atoms with E-state index in [2.05, 4.69) is 34.9 Å². The largest absolute Gasteiger partial charge is 0.123 e. The Morgan fingerprint density at radius 1 is 1.42 bits per heavy atom. The molecule has 1 aromatic rings.